The van der Waals surface area contributed by atoms with E-state index in [4.69, 9.17) is 53.3 Å². The summed E-state index contributed by atoms with van der Waals surface area (Å²) in [6, 6.07) is 2.06. The van der Waals surface area contributed by atoms with Gasteiger partial charge in [0.1, 0.15) is 29.9 Å². The highest BCUT2D eigenvalue weighted by Crippen LogP contribution is 2.38. The van der Waals surface area contributed by atoms with Gasteiger partial charge in [-0.05, 0) is 308 Å². The van der Waals surface area contributed by atoms with E-state index in [9.17, 15) is 52.2 Å². The third-order valence-electron chi connectivity index (χ3n) is 26.0. The van der Waals surface area contributed by atoms with E-state index in [1.807, 2.05) is 111 Å². The minimum atomic E-state index is -4.30. The first-order valence-electron chi connectivity index (χ1n) is 51.8. The van der Waals surface area contributed by atoms with Crippen molar-refractivity contribution in [2.24, 2.45) is 52.2 Å². The summed E-state index contributed by atoms with van der Waals surface area (Å²) in [5.74, 6) is 2.48. The summed E-state index contributed by atoms with van der Waals surface area (Å²) in [6.45, 7) is 34.4. The highest BCUT2D eigenvalue weighted by atomic mass is 19.4. The van der Waals surface area contributed by atoms with Gasteiger partial charge in [0, 0.05) is 129 Å². The Morgan fingerprint density at radius 1 is 0.390 bits per heavy atom. The third-order valence-corrected chi connectivity index (χ3v) is 26.0. The number of aliphatic hydroxyl groups is 2. The van der Waals surface area contributed by atoms with Gasteiger partial charge in [0.05, 0.1) is 74.8 Å². The smallest absolute Gasteiger partial charge is 0.396 e. The van der Waals surface area contributed by atoms with Crippen molar-refractivity contribution in [2.75, 3.05) is 93.8 Å². The van der Waals surface area contributed by atoms with Crippen LogP contribution in [0.5, 0.6) is 0 Å². The number of hydrogen-bond donors (Lipinski definition) is 19. The fraction of sp³-hybridized carbons (Fsp3) is 0.706. The number of aromatic nitrogens is 12. The average molecular weight is 2050 g/mol. The maximum atomic E-state index is 12.2. The number of hydrogen-bond acceptors (Lipinski definition) is 35. The summed E-state index contributed by atoms with van der Waals surface area (Å²) in [4.78, 5) is 122. The molecule has 13 rings (SSSR count). The molecular formula is C102H168F3N29O12. The molecule has 6 amide bonds. The summed E-state index contributed by atoms with van der Waals surface area (Å²) in [5, 5.41) is 55.8. The van der Waals surface area contributed by atoms with E-state index in [2.05, 4.69) is 132 Å². The Morgan fingerprint density at radius 3 is 1.03 bits per heavy atom. The van der Waals surface area contributed by atoms with Crippen molar-refractivity contribution >= 4 is 94.4 Å². The molecule has 7 fully saturated rings. The standard InChI is InChI=1S/C20H32N4O3.C17H26F3N5O2.C17H29N5O2.2C16H27N5O2.C16H27N5O/c1-2-27-16-8-6-15(7-9-16)23-20-22-11-17(19(21)26)18(24-20)10-13-4-3-5-14(13)12-25;1-16(2,3)25-14-12(13(21)26)8-22-15(24-14)23-10-4-6-11(7-5-10)27-9-17(18,19)20;1-5-24-12-8-6-11(7-9-12)20-16-19-10-13(14(18)23)15(21-16)22-17(2,3)4;1-16(2,3)21-14-12(13(17)22)9-18-15(20-14)19-10-5-7-11(23-4)8-6-10;1-15(2,3)21-14-18-9-11(12(17)22)13(20-14)19-10-6-5-7-16(4,23)8-10;1-10(2)8-14-13(15(17)22)9-19-16(21-14)20-12-6-4-11(18-3)5-7-12/h11,13-16,25H,2-10,12H2,1H3,(H2,21,26)(H,22,23,24);8,10-11H,4-7,9H2,1-3H3,(H2,21,26)(H2,22,23,24,25);10-12H,5-9H2,1-4H3,(H2,18,23)(H2,19,20,21,22);9-11H,5-8H2,1-4H3,(H2,17,22)(H2,18,19,20,21);9-10,23H,5-8H2,1-4H3,(H2,17,22)(H2,18,19,20,21);9-12,18H,4-8H2,1-3H3,(H2,17,22)(H,19,20,21)/t13-,14+,15?,16?;;;;10-,16+;/m0...1./s1. The van der Waals surface area contributed by atoms with Crippen LogP contribution in [-0.2, 0) is 31.8 Å². The van der Waals surface area contributed by atoms with Gasteiger partial charge in [-0.2, -0.15) is 33.1 Å². The topological polar surface area (TPSA) is 623 Å². The van der Waals surface area contributed by atoms with Crippen molar-refractivity contribution in [3.63, 3.8) is 0 Å². The van der Waals surface area contributed by atoms with Gasteiger partial charge >= 0.3 is 6.18 Å². The van der Waals surface area contributed by atoms with Crippen LogP contribution in [0.25, 0.3) is 0 Å². The normalized spacial score (nSPS) is 23.3. The number of primary amides is 6. The first kappa shape index (κ1) is 120. The molecule has 7 aliphatic rings. The van der Waals surface area contributed by atoms with Crippen LogP contribution in [0.15, 0.2) is 37.2 Å². The molecule has 0 aliphatic heterocycles. The molecule has 44 heteroatoms. The van der Waals surface area contributed by atoms with E-state index in [-0.39, 0.29) is 64.0 Å². The second-order valence-electron chi connectivity index (χ2n) is 44.0. The molecule has 7 saturated carbocycles. The van der Waals surface area contributed by atoms with E-state index in [0.717, 1.165) is 167 Å². The second-order valence-corrected chi connectivity index (χ2v) is 44.0. The summed E-state index contributed by atoms with van der Waals surface area (Å²) in [5.41, 5.74) is 34.2. The van der Waals surface area contributed by atoms with Gasteiger partial charge in [-0.3, -0.25) is 28.8 Å². The van der Waals surface area contributed by atoms with Gasteiger partial charge in [-0.1, -0.05) is 20.3 Å². The summed E-state index contributed by atoms with van der Waals surface area (Å²) < 4.78 is 58.4. The number of alkyl halides is 3. The lowest BCUT2D eigenvalue weighted by atomic mass is 9.83. The number of ether oxygens (including phenoxy) is 4. The molecule has 0 bridgehead atoms. The third kappa shape index (κ3) is 42.6. The highest BCUT2D eigenvalue weighted by Gasteiger charge is 2.37. The van der Waals surface area contributed by atoms with Crippen molar-refractivity contribution in [1.82, 2.24) is 65.1 Å². The van der Waals surface area contributed by atoms with Crippen molar-refractivity contribution in [2.45, 2.75) is 405 Å². The lowest BCUT2D eigenvalue weighted by Crippen LogP contribution is -2.38. The molecule has 146 heavy (non-hydrogen) atoms. The fourth-order valence-electron chi connectivity index (χ4n) is 18.7. The largest absolute Gasteiger partial charge is 0.411 e. The maximum absolute atomic E-state index is 12.2. The van der Waals surface area contributed by atoms with Crippen LogP contribution in [0, 0.1) is 17.8 Å². The van der Waals surface area contributed by atoms with E-state index in [1.54, 1.807) is 19.5 Å². The number of methoxy groups -OCH3 is 1. The minimum absolute atomic E-state index is 0.0256. The molecule has 0 aromatic carbocycles. The molecule has 6 aromatic rings. The van der Waals surface area contributed by atoms with E-state index >= 15 is 0 Å². The quantitative estimate of drug-likeness (QED) is 0.0176. The zero-order chi connectivity index (χ0) is 108. The number of carbonyl (C=O) groups is 6. The Morgan fingerprint density at radius 2 is 0.699 bits per heavy atom. The molecular weight excluding hydrogens is 1880 g/mol. The van der Waals surface area contributed by atoms with E-state index in [0.29, 0.717) is 186 Å². The number of aliphatic hydroxyl groups excluding tert-OH is 1. The predicted octanol–water partition coefficient (Wildman–Crippen LogP) is 13.7. The average Bonchev–Trinajstić information content (AvgIpc) is 1.11. The molecule has 6 aromatic heterocycles. The minimum Gasteiger partial charge on any atom is -0.396 e. The molecule has 6 heterocycles. The predicted molar refractivity (Wildman–Crippen MR) is 563 cm³/mol. The van der Waals surface area contributed by atoms with Gasteiger partial charge in [0.25, 0.3) is 35.4 Å². The summed E-state index contributed by atoms with van der Waals surface area (Å²) in [7, 11) is 3.77. The number of anilines is 10. The zero-order valence-corrected chi connectivity index (χ0v) is 89.3. The van der Waals surface area contributed by atoms with Gasteiger partial charge in [0.2, 0.25) is 35.7 Å². The fourth-order valence-corrected chi connectivity index (χ4v) is 18.7. The molecule has 4 atom stereocenters. The number of nitrogens with two attached hydrogens (primary N) is 6. The highest BCUT2D eigenvalue weighted by molar-refractivity contribution is 6.00. The van der Waals surface area contributed by atoms with Crippen LogP contribution in [-0.4, -0.2) is 247 Å². The molecule has 0 spiro atoms. The molecule has 41 nitrogen and oxygen atoms in total. The summed E-state index contributed by atoms with van der Waals surface area (Å²) >= 11 is 0. The molecule has 0 radical (unpaired) electrons. The van der Waals surface area contributed by atoms with Crippen LogP contribution in [0.4, 0.5) is 72.1 Å². The number of nitrogens with zero attached hydrogens (tertiary/aromatic N) is 12. The first-order valence-corrected chi connectivity index (χ1v) is 51.8. The van der Waals surface area contributed by atoms with Crippen molar-refractivity contribution in [1.29, 1.82) is 0 Å². The van der Waals surface area contributed by atoms with Crippen molar-refractivity contribution < 1.29 is 71.1 Å². The number of rotatable bonds is 35. The Hall–Kier alpha value is -11.2. The maximum Gasteiger partial charge on any atom is 0.411 e. The van der Waals surface area contributed by atoms with Crippen LogP contribution in [0.3, 0.4) is 0 Å². The SMILES string of the molecule is CC(C)(C)Nc1nc(NC2CCC(OCC(F)(F)F)CC2)ncc1C(N)=O.CC(C)(C)Nc1ncc(C(N)=O)c(N[C@@H]2CCC[C@](C)(O)C2)n1.CCOC1CCC(Nc2ncc(C(N)=O)c(C[C@@H]3CCC[C@@H]3CO)n2)CC1.CCOC1CCC(Nc2ncc(C(N)=O)c(NC(C)(C)C)n2)CC1.CNC1CCC(Nc2ncc(C(N)=O)c(CC(C)C)n2)CC1.COC1CCC(Nc2ncc(C(N)=O)c(NC(C)(C)C)n2)CC1. The molecule has 0 saturated heterocycles. The number of nitrogens with one attached hydrogen (secondary N) is 11. The van der Waals surface area contributed by atoms with Crippen LogP contribution in [0.1, 0.15) is 365 Å². The van der Waals surface area contributed by atoms with Crippen LogP contribution < -0.4 is 92.9 Å². The number of halogens is 3. The molecule has 0 unspecified atom stereocenters. The summed E-state index contributed by atoms with van der Waals surface area (Å²) in [6.07, 6.45) is 32.3. The Balaban J connectivity index is 0.000000214. The second kappa shape index (κ2) is 56.3. The molecule has 814 valence electrons. The van der Waals surface area contributed by atoms with Gasteiger partial charge in [0.15, 0.2) is 0 Å². The molecule has 25 N–H and O–H groups in total. The first-order chi connectivity index (χ1) is 68.6. The van der Waals surface area contributed by atoms with Gasteiger partial charge in [-0.15, -0.1) is 0 Å². The van der Waals surface area contributed by atoms with Crippen molar-refractivity contribution in [3.05, 3.63) is 81.9 Å². The van der Waals surface area contributed by atoms with Crippen LogP contribution in [0.2, 0.25) is 0 Å². The van der Waals surface area contributed by atoms with Crippen molar-refractivity contribution in [3.8, 4) is 0 Å². The lowest BCUT2D eigenvalue weighted by molar-refractivity contribution is -0.187. The Bertz CT molecular complexity index is 5100. The van der Waals surface area contributed by atoms with E-state index in [1.165, 1.54) is 24.8 Å². The zero-order valence-electron chi connectivity index (χ0n) is 89.3. The monoisotopic (exact) mass is 2050 g/mol. The number of carbonyl (C=O) groups excluding carboxylic acids is 6. The Labute approximate surface area is 858 Å². The van der Waals surface area contributed by atoms with Gasteiger partial charge in [-0.25, -0.2) is 39.9 Å². The lowest BCUT2D eigenvalue weighted by Gasteiger charge is -2.34. The van der Waals surface area contributed by atoms with E-state index < -0.39 is 53.8 Å². The van der Waals surface area contributed by atoms with Crippen LogP contribution >= 0.6 is 0 Å². The number of amides is 6. The van der Waals surface area contributed by atoms with Gasteiger partial charge < -0.3 is 122 Å². The Kier molecular flexibility index (Phi) is 46.3. The molecule has 7 aliphatic carbocycles.